The van der Waals surface area contributed by atoms with Gasteiger partial charge in [0.1, 0.15) is 28.9 Å². The second kappa shape index (κ2) is 15.6. The predicted molar refractivity (Wildman–Crippen MR) is 191 cm³/mol. The summed E-state index contributed by atoms with van der Waals surface area (Å²) in [6, 6.07) is 9.34. The third-order valence-corrected chi connectivity index (χ3v) is 10.2. The maximum atomic E-state index is 14.5. The maximum absolute atomic E-state index is 14.5. The van der Waals surface area contributed by atoms with Crippen LogP contribution in [0.5, 0.6) is 0 Å². The lowest BCUT2D eigenvalue weighted by atomic mass is 9.85. The number of halogens is 1. The number of anilines is 1. The Hall–Kier alpha value is -3.45. The Morgan fingerprint density at radius 2 is 1.69 bits per heavy atom. The number of H-pyrrole nitrogens is 1. The number of aromatic amines is 1. The fourth-order valence-electron chi connectivity index (χ4n) is 7.22. The predicted octanol–water partition coefficient (Wildman–Crippen LogP) is 4.96. The molecular formula is C36H51ClN8O4. The fourth-order valence-corrected chi connectivity index (χ4v) is 7.34. The molecule has 6 rings (SSSR count). The minimum atomic E-state index is -1.17. The summed E-state index contributed by atoms with van der Waals surface area (Å²) < 4.78 is 12.1. The van der Waals surface area contributed by atoms with Gasteiger partial charge in [-0.15, -0.1) is 0 Å². The minimum absolute atomic E-state index is 0.221. The van der Waals surface area contributed by atoms with Gasteiger partial charge in [0.15, 0.2) is 0 Å². The Bertz CT molecular complexity index is 1540. The number of carbonyl (C=O) groups excluding carboxylic acids is 2. The molecule has 0 spiro atoms. The van der Waals surface area contributed by atoms with Crippen molar-refractivity contribution in [1.82, 2.24) is 35.8 Å². The summed E-state index contributed by atoms with van der Waals surface area (Å²) in [5, 5.41) is 11.3. The van der Waals surface area contributed by atoms with E-state index in [-0.39, 0.29) is 11.9 Å². The number of aromatic nitrogens is 3. The van der Waals surface area contributed by atoms with Gasteiger partial charge in [-0.05, 0) is 103 Å². The van der Waals surface area contributed by atoms with Crippen molar-refractivity contribution >= 4 is 40.5 Å². The Morgan fingerprint density at radius 1 is 1.00 bits per heavy atom. The van der Waals surface area contributed by atoms with Gasteiger partial charge in [-0.2, -0.15) is 0 Å². The van der Waals surface area contributed by atoms with Crippen molar-refractivity contribution in [3.05, 3.63) is 53.4 Å². The number of hydrogen-bond acceptors (Lipinski definition) is 9. The second-order valence-corrected chi connectivity index (χ2v) is 15.1. The molecule has 2 aromatic heterocycles. The molecular weight excluding hydrogens is 644 g/mol. The zero-order valence-electron chi connectivity index (χ0n) is 29.0. The van der Waals surface area contributed by atoms with Crippen LogP contribution in [0.1, 0.15) is 77.3 Å². The Labute approximate surface area is 294 Å². The highest BCUT2D eigenvalue weighted by Crippen LogP contribution is 2.31. The summed E-state index contributed by atoms with van der Waals surface area (Å²) in [6.45, 7) is 11.3. The lowest BCUT2D eigenvalue weighted by molar-refractivity contribution is -0.129. The summed E-state index contributed by atoms with van der Waals surface area (Å²) in [6.07, 6.45) is 9.14. The third-order valence-electron chi connectivity index (χ3n) is 9.94. The van der Waals surface area contributed by atoms with Crippen molar-refractivity contribution in [3.8, 4) is 0 Å². The maximum Gasteiger partial charge on any atom is 0.408 e. The average Bonchev–Trinajstić information content (AvgIpc) is 3.57. The molecule has 13 heteroatoms. The smallest absolute Gasteiger partial charge is 0.408 e. The van der Waals surface area contributed by atoms with Crippen LogP contribution < -0.4 is 20.9 Å². The Kier molecular flexibility index (Phi) is 11.3. The van der Waals surface area contributed by atoms with E-state index in [4.69, 9.17) is 21.1 Å². The molecule has 0 radical (unpaired) electrons. The molecule has 0 bridgehead atoms. The van der Waals surface area contributed by atoms with Crippen molar-refractivity contribution in [1.29, 1.82) is 0 Å². The van der Waals surface area contributed by atoms with Gasteiger partial charge in [-0.25, -0.2) is 14.8 Å². The number of nitrogens with one attached hydrogen (secondary N) is 4. The molecule has 5 heterocycles. The number of fused-ring (bicyclic) bond motifs is 1. The monoisotopic (exact) mass is 694 g/mol. The van der Waals surface area contributed by atoms with Crippen LogP contribution in [0, 0.1) is 0 Å². The summed E-state index contributed by atoms with van der Waals surface area (Å²) in [7, 11) is 0. The number of ether oxygens (including phenoxy) is 2. The number of likely N-dealkylation sites (tertiary alicyclic amines) is 1. The molecule has 3 aromatic rings. The van der Waals surface area contributed by atoms with E-state index in [1.54, 1.807) is 6.33 Å². The number of nitrogens with zero attached hydrogens (tertiary/aromatic N) is 4. The lowest BCUT2D eigenvalue weighted by Crippen LogP contribution is -2.64. The number of carbonyl (C=O) groups is 2. The van der Waals surface area contributed by atoms with Gasteiger partial charge in [0.25, 0.3) is 0 Å². The van der Waals surface area contributed by atoms with Crippen LogP contribution in [0.2, 0.25) is 5.02 Å². The SMILES string of the molecule is CC(C)(C)OC(=O)NC1(C(=O)N[C@@H](CCN2CCC(OC3CCNCC3)CC2)c2ccc(Cl)cc2)CCN(c2ncnc3[nH]ccc23)CC1. The molecule has 4 N–H and O–H groups in total. The van der Waals surface area contributed by atoms with Gasteiger partial charge >= 0.3 is 6.09 Å². The zero-order valence-corrected chi connectivity index (χ0v) is 29.7. The molecule has 3 saturated heterocycles. The first-order valence-corrected chi connectivity index (χ1v) is 18.1. The zero-order chi connectivity index (χ0) is 34.4. The van der Waals surface area contributed by atoms with Crippen molar-refractivity contribution in [2.24, 2.45) is 0 Å². The highest BCUT2D eigenvalue weighted by molar-refractivity contribution is 6.30. The van der Waals surface area contributed by atoms with E-state index in [0.717, 1.165) is 80.8 Å². The van der Waals surface area contributed by atoms with E-state index in [1.807, 2.05) is 57.3 Å². The molecule has 1 aromatic carbocycles. The molecule has 266 valence electrons. The van der Waals surface area contributed by atoms with Crippen molar-refractivity contribution in [2.45, 2.75) is 95.1 Å². The molecule has 0 saturated carbocycles. The third kappa shape index (κ3) is 9.22. The van der Waals surface area contributed by atoms with Gasteiger partial charge in [0.2, 0.25) is 5.91 Å². The molecule has 0 unspecified atom stereocenters. The topological polar surface area (TPSA) is 137 Å². The van der Waals surface area contributed by atoms with Gasteiger partial charge in [0, 0.05) is 43.9 Å². The van der Waals surface area contributed by atoms with Crippen LogP contribution in [0.25, 0.3) is 11.0 Å². The summed E-state index contributed by atoms with van der Waals surface area (Å²) in [4.78, 5) is 44.3. The van der Waals surface area contributed by atoms with E-state index >= 15 is 0 Å². The van der Waals surface area contributed by atoms with Gasteiger partial charge in [-0.3, -0.25) is 4.79 Å². The normalized spacial score (nSPS) is 20.2. The van der Waals surface area contributed by atoms with Crippen LogP contribution in [0.3, 0.4) is 0 Å². The number of hydrogen-bond donors (Lipinski definition) is 4. The number of alkyl carbamates (subject to hydrolysis) is 1. The molecule has 2 amide bonds. The molecule has 3 aliphatic heterocycles. The molecule has 49 heavy (non-hydrogen) atoms. The molecule has 3 fully saturated rings. The van der Waals surface area contributed by atoms with Crippen LogP contribution in [0.15, 0.2) is 42.9 Å². The minimum Gasteiger partial charge on any atom is -0.444 e. The molecule has 1 atom stereocenters. The van der Waals surface area contributed by atoms with E-state index in [9.17, 15) is 9.59 Å². The average molecular weight is 695 g/mol. The van der Waals surface area contributed by atoms with Crippen LogP contribution in [-0.2, 0) is 14.3 Å². The number of amides is 2. The fraction of sp³-hybridized carbons (Fsp3) is 0.611. The van der Waals surface area contributed by atoms with E-state index < -0.39 is 17.2 Å². The molecule has 3 aliphatic rings. The first-order chi connectivity index (χ1) is 23.6. The highest BCUT2D eigenvalue weighted by atomic mass is 35.5. The van der Waals surface area contributed by atoms with Crippen LogP contribution >= 0.6 is 11.6 Å². The van der Waals surface area contributed by atoms with Gasteiger partial charge in [-0.1, -0.05) is 23.7 Å². The Morgan fingerprint density at radius 3 is 2.39 bits per heavy atom. The van der Waals surface area contributed by atoms with Gasteiger partial charge in [0.05, 0.1) is 23.6 Å². The van der Waals surface area contributed by atoms with E-state index in [2.05, 4.69) is 40.7 Å². The summed E-state index contributed by atoms with van der Waals surface area (Å²) in [5.74, 6) is 0.586. The van der Waals surface area contributed by atoms with Crippen molar-refractivity contribution in [3.63, 3.8) is 0 Å². The number of benzene rings is 1. The quantitative estimate of drug-likeness (QED) is 0.232. The lowest BCUT2D eigenvalue weighted by Gasteiger charge is -2.42. The Balaban J connectivity index is 1.14. The largest absolute Gasteiger partial charge is 0.444 e. The van der Waals surface area contributed by atoms with E-state index in [1.165, 1.54) is 0 Å². The molecule has 0 aliphatic carbocycles. The van der Waals surface area contributed by atoms with E-state index in [0.29, 0.717) is 49.6 Å². The highest BCUT2D eigenvalue weighted by Gasteiger charge is 2.45. The first kappa shape index (κ1) is 35.4. The van der Waals surface area contributed by atoms with Crippen molar-refractivity contribution < 1.29 is 19.1 Å². The van der Waals surface area contributed by atoms with Gasteiger partial charge < -0.3 is 40.2 Å². The summed E-state index contributed by atoms with van der Waals surface area (Å²) >= 11 is 6.26. The standard InChI is InChI=1S/C36H51ClN8O4/c1-35(2,3)49-34(47)43-36(14-22-45(23-15-36)32-29-10-18-39-31(29)40-24-41-32)33(46)42-30(25-4-6-26(37)7-5-25)13-21-44-19-11-28(12-20-44)48-27-8-16-38-17-9-27/h4-7,10,18,24,27-28,30,38H,8-9,11-17,19-23H2,1-3H3,(H,42,46)(H,43,47)(H,39,40,41)/t30-/m0/s1. The molecule has 12 nitrogen and oxygen atoms in total. The first-order valence-electron chi connectivity index (χ1n) is 17.8. The number of piperidine rings is 3. The van der Waals surface area contributed by atoms with Crippen LogP contribution in [-0.4, -0.2) is 101 Å². The number of rotatable bonds is 10. The second-order valence-electron chi connectivity index (χ2n) is 14.6. The van der Waals surface area contributed by atoms with Crippen molar-refractivity contribution in [2.75, 3.05) is 50.7 Å². The summed E-state index contributed by atoms with van der Waals surface area (Å²) in [5.41, 5.74) is -0.141. The van der Waals surface area contributed by atoms with Crippen LogP contribution in [0.4, 0.5) is 10.6 Å².